The summed E-state index contributed by atoms with van der Waals surface area (Å²) in [5.41, 5.74) is 0. The van der Waals surface area contributed by atoms with Crippen LogP contribution in [0.25, 0.3) is 0 Å². The molecule has 1 heterocycles. The molecule has 0 bridgehead atoms. The molecule has 1 atom stereocenters. The van der Waals surface area contributed by atoms with E-state index in [4.69, 9.17) is 0 Å². The molecule has 1 unspecified atom stereocenters. The molecule has 2 heteroatoms. The topological polar surface area (TPSA) is 6.48 Å². The van der Waals surface area contributed by atoms with Gasteiger partial charge in [-0.05, 0) is 51.9 Å². The Hall–Kier alpha value is -0.0800. The van der Waals surface area contributed by atoms with E-state index in [-0.39, 0.29) is 0 Å². The zero-order valence-corrected chi connectivity index (χ0v) is 10.3. The SMILES string of the molecule is CC(C)CN1CCC(CCN(C)C)C1. The van der Waals surface area contributed by atoms with E-state index < -0.39 is 0 Å². The zero-order valence-electron chi connectivity index (χ0n) is 10.3. The van der Waals surface area contributed by atoms with Crippen molar-refractivity contribution in [3.8, 4) is 0 Å². The first kappa shape index (κ1) is 12.0. The van der Waals surface area contributed by atoms with Crippen LogP contribution in [0.5, 0.6) is 0 Å². The third-order valence-electron chi connectivity index (χ3n) is 2.98. The molecule has 2 nitrogen and oxygen atoms in total. The van der Waals surface area contributed by atoms with Crippen LogP contribution in [0.1, 0.15) is 26.7 Å². The van der Waals surface area contributed by atoms with E-state index in [0.29, 0.717) is 0 Å². The Balaban J connectivity index is 2.14. The molecule has 14 heavy (non-hydrogen) atoms. The standard InChI is InChI=1S/C12H26N2/c1-11(2)9-14-8-6-12(10-14)5-7-13(3)4/h11-12H,5-10H2,1-4H3. The summed E-state index contributed by atoms with van der Waals surface area (Å²) in [5, 5.41) is 0. The minimum absolute atomic E-state index is 0.822. The second-order valence-electron chi connectivity index (χ2n) is 5.40. The Morgan fingerprint density at radius 1 is 1.36 bits per heavy atom. The largest absolute Gasteiger partial charge is 0.309 e. The molecule has 0 radical (unpaired) electrons. The molecule has 1 aliphatic rings. The molecule has 0 saturated carbocycles. The summed E-state index contributed by atoms with van der Waals surface area (Å²) in [4.78, 5) is 4.93. The number of hydrogen-bond acceptors (Lipinski definition) is 2. The van der Waals surface area contributed by atoms with E-state index in [1.54, 1.807) is 0 Å². The average Bonchev–Trinajstić information content (AvgIpc) is 2.47. The van der Waals surface area contributed by atoms with Crippen molar-refractivity contribution < 1.29 is 0 Å². The van der Waals surface area contributed by atoms with E-state index in [2.05, 4.69) is 37.7 Å². The molecule has 0 spiro atoms. The van der Waals surface area contributed by atoms with Crippen molar-refractivity contribution in [1.29, 1.82) is 0 Å². The van der Waals surface area contributed by atoms with Crippen molar-refractivity contribution in [3.05, 3.63) is 0 Å². The highest BCUT2D eigenvalue weighted by molar-refractivity contribution is 4.76. The molecule has 1 rings (SSSR count). The van der Waals surface area contributed by atoms with Crippen molar-refractivity contribution in [2.24, 2.45) is 11.8 Å². The lowest BCUT2D eigenvalue weighted by Gasteiger charge is -2.18. The third-order valence-corrected chi connectivity index (χ3v) is 2.98. The molecule has 0 aromatic heterocycles. The molecular weight excluding hydrogens is 172 g/mol. The Morgan fingerprint density at radius 3 is 2.64 bits per heavy atom. The fourth-order valence-corrected chi connectivity index (χ4v) is 2.27. The minimum Gasteiger partial charge on any atom is -0.309 e. The van der Waals surface area contributed by atoms with Gasteiger partial charge in [0, 0.05) is 13.1 Å². The van der Waals surface area contributed by atoms with E-state index in [9.17, 15) is 0 Å². The number of nitrogens with zero attached hydrogens (tertiary/aromatic N) is 2. The zero-order chi connectivity index (χ0) is 10.6. The highest BCUT2D eigenvalue weighted by Gasteiger charge is 2.22. The lowest BCUT2D eigenvalue weighted by atomic mass is 10.1. The maximum absolute atomic E-state index is 2.63. The van der Waals surface area contributed by atoms with E-state index in [1.165, 1.54) is 39.0 Å². The summed E-state index contributed by atoms with van der Waals surface area (Å²) < 4.78 is 0. The Morgan fingerprint density at radius 2 is 2.07 bits per heavy atom. The summed E-state index contributed by atoms with van der Waals surface area (Å²) in [6.07, 6.45) is 2.79. The van der Waals surface area contributed by atoms with Crippen molar-refractivity contribution in [1.82, 2.24) is 9.80 Å². The summed E-state index contributed by atoms with van der Waals surface area (Å²) >= 11 is 0. The Bertz CT molecular complexity index is 154. The maximum atomic E-state index is 2.63. The summed E-state index contributed by atoms with van der Waals surface area (Å²) in [6.45, 7) is 9.83. The van der Waals surface area contributed by atoms with Crippen LogP contribution in [-0.2, 0) is 0 Å². The first-order chi connectivity index (χ1) is 6.58. The normalized spacial score (nSPS) is 24.0. The molecule has 1 fully saturated rings. The van der Waals surface area contributed by atoms with Gasteiger partial charge < -0.3 is 9.80 Å². The van der Waals surface area contributed by atoms with Gasteiger partial charge in [-0.1, -0.05) is 13.8 Å². The predicted molar refractivity (Wildman–Crippen MR) is 62.6 cm³/mol. The molecule has 0 N–H and O–H groups in total. The van der Waals surface area contributed by atoms with Gasteiger partial charge in [0.2, 0.25) is 0 Å². The van der Waals surface area contributed by atoms with Crippen LogP contribution < -0.4 is 0 Å². The first-order valence-corrected chi connectivity index (χ1v) is 5.95. The quantitative estimate of drug-likeness (QED) is 0.666. The maximum Gasteiger partial charge on any atom is 0.00107 e. The molecule has 1 saturated heterocycles. The summed E-state index contributed by atoms with van der Waals surface area (Å²) in [6, 6.07) is 0. The van der Waals surface area contributed by atoms with Gasteiger partial charge in [-0.3, -0.25) is 0 Å². The van der Waals surface area contributed by atoms with Crippen LogP contribution in [0, 0.1) is 11.8 Å². The van der Waals surface area contributed by atoms with Gasteiger partial charge in [-0.2, -0.15) is 0 Å². The van der Waals surface area contributed by atoms with Crippen LogP contribution in [0.15, 0.2) is 0 Å². The van der Waals surface area contributed by atoms with Crippen LogP contribution in [0.2, 0.25) is 0 Å². The first-order valence-electron chi connectivity index (χ1n) is 5.95. The highest BCUT2D eigenvalue weighted by atomic mass is 15.1. The summed E-state index contributed by atoms with van der Waals surface area (Å²) in [5.74, 6) is 1.78. The second kappa shape index (κ2) is 5.72. The minimum atomic E-state index is 0.822. The fourth-order valence-electron chi connectivity index (χ4n) is 2.27. The van der Waals surface area contributed by atoms with Gasteiger partial charge in [0.25, 0.3) is 0 Å². The molecule has 0 aromatic carbocycles. The summed E-state index contributed by atoms with van der Waals surface area (Å²) in [7, 11) is 4.33. The molecule has 0 aliphatic carbocycles. The lowest BCUT2D eigenvalue weighted by molar-refractivity contribution is 0.277. The number of likely N-dealkylation sites (tertiary alicyclic amines) is 1. The molecular formula is C12H26N2. The van der Waals surface area contributed by atoms with Crippen molar-refractivity contribution in [2.75, 3.05) is 40.3 Å². The number of hydrogen-bond donors (Lipinski definition) is 0. The predicted octanol–water partition coefficient (Wildman–Crippen LogP) is 1.92. The van der Waals surface area contributed by atoms with Gasteiger partial charge in [0.15, 0.2) is 0 Å². The second-order valence-corrected chi connectivity index (χ2v) is 5.40. The van der Waals surface area contributed by atoms with Gasteiger partial charge in [-0.25, -0.2) is 0 Å². The molecule has 1 aliphatic heterocycles. The van der Waals surface area contributed by atoms with Crippen molar-refractivity contribution >= 4 is 0 Å². The Labute approximate surface area is 89.3 Å². The molecule has 0 amide bonds. The number of rotatable bonds is 5. The van der Waals surface area contributed by atoms with Gasteiger partial charge >= 0.3 is 0 Å². The van der Waals surface area contributed by atoms with Crippen LogP contribution in [0.3, 0.4) is 0 Å². The van der Waals surface area contributed by atoms with Crippen LogP contribution in [-0.4, -0.2) is 50.1 Å². The van der Waals surface area contributed by atoms with Crippen molar-refractivity contribution in [3.63, 3.8) is 0 Å². The van der Waals surface area contributed by atoms with Crippen molar-refractivity contribution in [2.45, 2.75) is 26.7 Å². The molecule has 0 aromatic rings. The monoisotopic (exact) mass is 198 g/mol. The Kier molecular flexibility index (Phi) is 4.90. The van der Waals surface area contributed by atoms with Crippen LogP contribution >= 0.6 is 0 Å². The smallest absolute Gasteiger partial charge is 0.00107 e. The van der Waals surface area contributed by atoms with Gasteiger partial charge in [0.05, 0.1) is 0 Å². The molecule has 84 valence electrons. The van der Waals surface area contributed by atoms with Gasteiger partial charge in [0.1, 0.15) is 0 Å². The lowest BCUT2D eigenvalue weighted by Crippen LogP contribution is -2.26. The fraction of sp³-hybridized carbons (Fsp3) is 1.00. The van der Waals surface area contributed by atoms with E-state index in [1.807, 2.05) is 0 Å². The van der Waals surface area contributed by atoms with Crippen LogP contribution in [0.4, 0.5) is 0 Å². The third kappa shape index (κ3) is 4.43. The average molecular weight is 198 g/mol. The van der Waals surface area contributed by atoms with E-state index >= 15 is 0 Å². The highest BCUT2D eigenvalue weighted by Crippen LogP contribution is 2.20. The van der Waals surface area contributed by atoms with Gasteiger partial charge in [-0.15, -0.1) is 0 Å². The van der Waals surface area contributed by atoms with E-state index in [0.717, 1.165) is 11.8 Å².